The van der Waals surface area contributed by atoms with E-state index in [-0.39, 0.29) is 24.1 Å². The fraction of sp³-hybridized carbons (Fsp3) is 0.417. The molecule has 10 heteroatoms. The summed E-state index contributed by atoms with van der Waals surface area (Å²) >= 11 is 12.4. The highest BCUT2D eigenvalue weighted by Gasteiger charge is 2.32. The first-order chi connectivity index (χ1) is 15.9. The molecule has 34 heavy (non-hydrogen) atoms. The number of carbonyl (C=O) groups is 2. The van der Waals surface area contributed by atoms with Gasteiger partial charge in [-0.05, 0) is 42.2 Å². The third-order valence-electron chi connectivity index (χ3n) is 5.14. The predicted octanol–water partition coefficient (Wildman–Crippen LogP) is 4.34. The van der Waals surface area contributed by atoms with Gasteiger partial charge in [0, 0.05) is 23.1 Å². The average Bonchev–Trinajstić information content (AvgIpc) is 2.76. The van der Waals surface area contributed by atoms with Gasteiger partial charge in [-0.25, -0.2) is 8.42 Å². The maximum atomic E-state index is 13.6. The van der Waals surface area contributed by atoms with Crippen molar-refractivity contribution in [3.05, 3.63) is 64.1 Å². The van der Waals surface area contributed by atoms with E-state index in [0.717, 1.165) is 10.6 Å². The van der Waals surface area contributed by atoms with Gasteiger partial charge in [-0.3, -0.25) is 13.9 Å². The normalized spacial score (nSPS) is 12.3. The highest BCUT2D eigenvalue weighted by molar-refractivity contribution is 7.92. The number of nitrogens with one attached hydrogen (secondary N) is 1. The summed E-state index contributed by atoms with van der Waals surface area (Å²) in [5.41, 5.74) is 0.916. The molecule has 0 heterocycles. The Morgan fingerprint density at radius 3 is 2.29 bits per heavy atom. The Bertz CT molecular complexity index is 1110. The fourth-order valence-electron chi connectivity index (χ4n) is 3.40. The first-order valence-electron chi connectivity index (χ1n) is 11.0. The minimum atomic E-state index is -3.82. The van der Waals surface area contributed by atoms with Gasteiger partial charge in [0.25, 0.3) is 0 Å². The zero-order chi connectivity index (χ0) is 25.5. The number of amides is 2. The first kappa shape index (κ1) is 28.0. The molecule has 2 aromatic rings. The molecule has 0 aliphatic heterocycles. The van der Waals surface area contributed by atoms with Crippen molar-refractivity contribution in [2.45, 2.75) is 39.8 Å². The maximum absolute atomic E-state index is 13.6. The molecule has 0 unspecified atom stereocenters. The maximum Gasteiger partial charge on any atom is 0.244 e. The first-order valence-corrected chi connectivity index (χ1v) is 13.6. The van der Waals surface area contributed by atoms with Gasteiger partial charge in [0.1, 0.15) is 12.6 Å². The molecule has 0 fully saturated rings. The SMILES string of the molecule is CC[C@@H](C(=O)NCC(C)C)N(Cc1ccccc1Cl)C(=O)CN(c1cccc(Cl)c1)S(C)(=O)=O. The molecule has 0 saturated heterocycles. The molecule has 1 atom stereocenters. The van der Waals surface area contributed by atoms with Crippen LogP contribution in [0.15, 0.2) is 48.5 Å². The van der Waals surface area contributed by atoms with Crippen LogP contribution in [0.3, 0.4) is 0 Å². The molecular formula is C24H31Cl2N3O4S. The predicted molar refractivity (Wildman–Crippen MR) is 138 cm³/mol. The van der Waals surface area contributed by atoms with E-state index in [1.54, 1.807) is 49.4 Å². The summed E-state index contributed by atoms with van der Waals surface area (Å²) in [5.74, 6) is -0.597. The Morgan fingerprint density at radius 2 is 1.74 bits per heavy atom. The number of halogens is 2. The van der Waals surface area contributed by atoms with E-state index >= 15 is 0 Å². The highest BCUT2D eigenvalue weighted by Crippen LogP contribution is 2.24. The topological polar surface area (TPSA) is 86.8 Å². The number of sulfonamides is 1. The van der Waals surface area contributed by atoms with Crippen LogP contribution in [0.2, 0.25) is 10.0 Å². The van der Waals surface area contributed by atoms with Crippen molar-refractivity contribution >= 4 is 50.7 Å². The number of hydrogen-bond donors (Lipinski definition) is 1. The molecule has 0 bridgehead atoms. The fourth-order valence-corrected chi connectivity index (χ4v) is 4.62. The number of nitrogens with zero attached hydrogens (tertiary/aromatic N) is 2. The van der Waals surface area contributed by atoms with Gasteiger partial charge in [-0.1, -0.05) is 68.2 Å². The summed E-state index contributed by atoms with van der Waals surface area (Å²) < 4.78 is 26.1. The zero-order valence-corrected chi connectivity index (χ0v) is 22.1. The monoisotopic (exact) mass is 527 g/mol. The zero-order valence-electron chi connectivity index (χ0n) is 19.8. The number of carbonyl (C=O) groups excluding carboxylic acids is 2. The molecule has 2 amide bonds. The van der Waals surface area contributed by atoms with E-state index < -0.39 is 28.5 Å². The summed E-state index contributed by atoms with van der Waals surface area (Å²) in [4.78, 5) is 28.0. The lowest BCUT2D eigenvalue weighted by atomic mass is 10.1. The average molecular weight is 529 g/mol. The van der Waals surface area contributed by atoms with Crippen molar-refractivity contribution in [3.63, 3.8) is 0 Å². The lowest BCUT2D eigenvalue weighted by Gasteiger charge is -2.33. The third-order valence-corrected chi connectivity index (χ3v) is 6.89. The van der Waals surface area contributed by atoms with E-state index in [9.17, 15) is 18.0 Å². The summed E-state index contributed by atoms with van der Waals surface area (Å²) in [5, 5.41) is 3.67. The number of anilines is 1. The van der Waals surface area contributed by atoms with Gasteiger partial charge >= 0.3 is 0 Å². The number of benzene rings is 2. The number of rotatable bonds is 11. The van der Waals surface area contributed by atoms with Crippen LogP contribution in [-0.4, -0.2) is 50.5 Å². The quantitative estimate of drug-likeness (QED) is 0.470. The van der Waals surface area contributed by atoms with Crippen LogP contribution in [-0.2, 0) is 26.2 Å². The largest absolute Gasteiger partial charge is 0.354 e. The summed E-state index contributed by atoms with van der Waals surface area (Å²) in [7, 11) is -3.82. The molecule has 7 nitrogen and oxygen atoms in total. The van der Waals surface area contributed by atoms with Crippen molar-refractivity contribution in [2.75, 3.05) is 23.7 Å². The minimum absolute atomic E-state index is 0.0548. The van der Waals surface area contributed by atoms with Gasteiger partial charge in [-0.15, -0.1) is 0 Å². The standard InChI is InChI=1S/C24H31Cl2N3O4S/c1-5-22(24(31)27-14-17(2)3)28(15-18-9-6-7-12-21(18)26)23(30)16-29(34(4,32)33)20-11-8-10-19(25)13-20/h6-13,17,22H,5,14-16H2,1-4H3,(H,27,31)/t22-/m0/s1. The summed E-state index contributed by atoms with van der Waals surface area (Å²) in [6, 6.07) is 12.5. The van der Waals surface area contributed by atoms with Crippen LogP contribution in [0.5, 0.6) is 0 Å². The second kappa shape index (κ2) is 12.4. The van der Waals surface area contributed by atoms with Crippen molar-refractivity contribution < 1.29 is 18.0 Å². The van der Waals surface area contributed by atoms with E-state index in [1.807, 2.05) is 13.8 Å². The lowest BCUT2D eigenvalue weighted by molar-refractivity contribution is -0.140. The van der Waals surface area contributed by atoms with Crippen molar-refractivity contribution in [1.82, 2.24) is 10.2 Å². The van der Waals surface area contributed by atoms with Gasteiger partial charge in [-0.2, -0.15) is 0 Å². The van der Waals surface area contributed by atoms with Crippen LogP contribution < -0.4 is 9.62 Å². The van der Waals surface area contributed by atoms with Gasteiger partial charge < -0.3 is 10.2 Å². The van der Waals surface area contributed by atoms with Crippen molar-refractivity contribution in [3.8, 4) is 0 Å². The molecule has 0 aliphatic carbocycles. The van der Waals surface area contributed by atoms with Gasteiger partial charge in [0.05, 0.1) is 11.9 Å². The molecule has 0 saturated carbocycles. The van der Waals surface area contributed by atoms with E-state index in [0.29, 0.717) is 28.6 Å². The van der Waals surface area contributed by atoms with E-state index in [2.05, 4.69) is 5.32 Å². The molecule has 0 spiro atoms. The highest BCUT2D eigenvalue weighted by atomic mass is 35.5. The molecule has 0 aliphatic rings. The van der Waals surface area contributed by atoms with Crippen LogP contribution in [0.25, 0.3) is 0 Å². The molecule has 0 aromatic heterocycles. The molecular weight excluding hydrogens is 497 g/mol. The van der Waals surface area contributed by atoms with Crippen LogP contribution in [0.1, 0.15) is 32.8 Å². The molecule has 0 radical (unpaired) electrons. The van der Waals surface area contributed by atoms with Crippen molar-refractivity contribution in [2.24, 2.45) is 5.92 Å². The molecule has 2 rings (SSSR count). The van der Waals surface area contributed by atoms with E-state index in [4.69, 9.17) is 23.2 Å². The van der Waals surface area contributed by atoms with Crippen LogP contribution >= 0.6 is 23.2 Å². The Morgan fingerprint density at radius 1 is 1.06 bits per heavy atom. The third kappa shape index (κ3) is 7.89. The lowest BCUT2D eigenvalue weighted by Crippen LogP contribution is -2.52. The number of hydrogen-bond acceptors (Lipinski definition) is 4. The van der Waals surface area contributed by atoms with Gasteiger partial charge in [0.2, 0.25) is 21.8 Å². The Hall–Kier alpha value is -2.29. The Labute approximate surface area is 212 Å². The molecule has 2 aromatic carbocycles. The van der Waals surface area contributed by atoms with Crippen LogP contribution in [0, 0.1) is 5.92 Å². The smallest absolute Gasteiger partial charge is 0.244 e. The molecule has 1 N–H and O–H groups in total. The summed E-state index contributed by atoms with van der Waals surface area (Å²) in [6.45, 7) is 5.78. The minimum Gasteiger partial charge on any atom is -0.354 e. The van der Waals surface area contributed by atoms with E-state index in [1.165, 1.54) is 11.0 Å². The van der Waals surface area contributed by atoms with Crippen molar-refractivity contribution in [1.29, 1.82) is 0 Å². The van der Waals surface area contributed by atoms with Crippen LogP contribution in [0.4, 0.5) is 5.69 Å². The Balaban J connectivity index is 2.43. The molecule has 186 valence electrons. The second-order valence-corrected chi connectivity index (χ2v) is 11.2. The Kier molecular flexibility index (Phi) is 10.2. The second-order valence-electron chi connectivity index (χ2n) is 8.43. The van der Waals surface area contributed by atoms with Gasteiger partial charge in [0.15, 0.2) is 0 Å². The summed E-state index contributed by atoms with van der Waals surface area (Å²) in [6.07, 6.45) is 1.36.